The van der Waals surface area contributed by atoms with Gasteiger partial charge in [-0.05, 0) is 49.0 Å². The fourth-order valence-corrected chi connectivity index (χ4v) is 3.45. The second-order valence-electron chi connectivity index (χ2n) is 6.58. The molecule has 1 atom stereocenters. The molecule has 3 rings (SSSR count). The Kier molecular flexibility index (Phi) is 6.95. The first-order chi connectivity index (χ1) is 13.6. The quantitative estimate of drug-likeness (QED) is 0.718. The molecule has 0 amide bonds. The zero-order chi connectivity index (χ0) is 19.9. The maximum Gasteiger partial charge on any atom is 0.171 e. The molecule has 0 aromatic heterocycles. The van der Waals surface area contributed by atoms with Gasteiger partial charge in [0.2, 0.25) is 0 Å². The van der Waals surface area contributed by atoms with E-state index in [2.05, 4.69) is 46.7 Å². The predicted octanol–water partition coefficient (Wildman–Crippen LogP) is 3.59. The van der Waals surface area contributed by atoms with Crippen LogP contribution >= 0.6 is 12.2 Å². The number of anilines is 2. The molecular weight excluding hydrogens is 374 g/mol. The molecule has 1 saturated heterocycles. The van der Waals surface area contributed by atoms with Gasteiger partial charge in [0.1, 0.15) is 0 Å². The molecule has 7 heteroatoms. The van der Waals surface area contributed by atoms with E-state index in [0.29, 0.717) is 16.6 Å². The summed E-state index contributed by atoms with van der Waals surface area (Å²) in [5.74, 6) is 1.34. The summed E-state index contributed by atoms with van der Waals surface area (Å²) in [5, 5.41) is 7.07. The van der Waals surface area contributed by atoms with Crippen LogP contribution in [0.1, 0.15) is 18.5 Å². The van der Waals surface area contributed by atoms with E-state index in [0.717, 1.165) is 32.0 Å². The first-order valence-electron chi connectivity index (χ1n) is 9.33. The fourth-order valence-electron chi connectivity index (χ4n) is 3.16. The molecule has 2 aromatic rings. The van der Waals surface area contributed by atoms with E-state index in [-0.39, 0.29) is 6.04 Å². The second kappa shape index (κ2) is 9.61. The third-order valence-corrected chi connectivity index (χ3v) is 4.98. The Morgan fingerprint density at radius 1 is 1.04 bits per heavy atom. The second-order valence-corrected chi connectivity index (χ2v) is 6.99. The van der Waals surface area contributed by atoms with E-state index >= 15 is 0 Å². The number of methoxy groups -OCH3 is 2. The number of thiocarbonyl (C=S) groups is 1. The van der Waals surface area contributed by atoms with Crippen LogP contribution in [0.15, 0.2) is 42.5 Å². The molecule has 1 fully saturated rings. The van der Waals surface area contributed by atoms with Crippen molar-refractivity contribution in [1.82, 2.24) is 5.32 Å². The lowest BCUT2D eigenvalue weighted by atomic mass is 10.1. The highest BCUT2D eigenvalue weighted by Gasteiger charge is 2.13. The summed E-state index contributed by atoms with van der Waals surface area (Å²) in [4.78, 5) is 2.34. The van der Waals surface area contributed by atoms with Gasteiger partial charge in [0.15, 0.2) is 16.6 Å². The third kappa shape index (κ3) is 5.05. The first kappa shape index (κ1) is 20.2. The summed E-state index contributed by atoms with van der Waals surface area (Å²) in [7, 11) is 3.23. The SMILES string of the molecule is COc1ccc(NC(=S)N[C@H](C)c2ccc(N3CCOCC3)cc2)cc1OC. The summed E-state index contributed by atoms with van der Waals surface area (Å²) < 4.78 is 16.0. The van der Waals surface area contributed by atoms with Gasteiger partial charge in [-0.2, -0.15) is 0 Å². The number of hydrogen-bond acceptors (Lipinski definition) is 5. The Balaban J connectivity index is 1.58. The highest BCUT2D eigenvalue weighted by atomic mass is 32.1. The highest BCUT2D eigenvalue weighted by Crippen LogP contribution is 2.29. The smallest absolute Gasteiger partial charge is 0.171 e. The average Bonchev–Trinajstić information content (AvgIpc) is 2.74. The number of rotatable bonds is 6. The van der Waals surface area contributed by atoms with E-state index in [1.54, 1.807) is 14.2 Å². The molecule has 0 spiro atoms. The van der Waals surface area contributed by atoms with Crippen molar-refractivity contribution >= 4 is 28.7 Å². The van der Waals surface area contributed by atoms with Gasteiger partial charge >= 0.3 is 0 Å². The van der Waals surface area contributed by atoms with Crippen LogP contribution in [0.3, 0.4) is 0 Å². The summed E-state index contributed by atoms with van der Waals surface area (Å²) in [6.45, 7) is 5.54. The number of nitrogens with one attached hydrogen (secondary N) is 2. The highest BCUT2D eigenvalue weighted by molar-refractivity contribution is 7.80. The Labute approximate surface area is 171 Å². The van der Waals surface area contributed by atoms with E-state index in [9.17, 15) is 0 Å². The molecule has 1 aliphatic heterocycles. The molecule has 28 heavy (non-hydrogen) atoms. The maximum absolute atomic E-state index is 5.46. The minimum Gasteiger partial charge on any atom is -0.493 e. The molecule has 0 radical (unpaired) electrons. The van der Waals surface area contributed by atoms with Crippen molar-refractivity contribution in [2.75, 3.05) is 50.7 Å². The molecule has 2 N–H and O–H groups in total. The molecule has 6 nitrogen and oxygen atoms in total. The number of morpholine rings is 1. The molecule has 0 aliphatic carbocycles. The van der Waals surface area contributed by atoms with Crippen molar-refractivity contribution in [3.63, 3.8) is 0 Å². The molecule has 0 saturated carbocycles. The van der Waals surface area contributed by atoms with Crippen LogP contribution in [0.2, 0.25) is 0 Å². The lowest BCUT2D eigenvalue weighted by Gasteiger charge is -2.29. The van der Waals surface area contributed by atoms with Crippen molar-refractivity contribution in [3.8, 4) is 11.5 Å². The summed E-state index contributed by atoms with van der Waals surface area (Å²) in [5.41, 5.74) is 3.24. The molecule has 150 valence electrons. The van der Waals surface area contributed by atoms with E-state index in [1.807, 2.05) is 18.2 Å². The van der Waals surface area contributed by atoms with E-state index < -0.39 is 0 Å². The van der Waals surface area contributed by atoms with Crippen molar-refractivity contribution in [2.24, 2.45) is 0 Å². The minimum absolute atomic E-state index is 0.0823. The zero-order valence-electron chi connectivity index (χ0n) is 16.5. The maximum atomic E-state index is 5.46. The predicted molar refractivity (Wildman–Crippen MR) is 117 cm³/mol. The van der Waals surface area contributed by atoms with Gasteiger partial charge in [-0.25, -0.2) is 0 Å². The zero-order valence-corrected chi connectivity index (χ0v) is 17.3. The summed E-state index contributed by atoms with van der Waals surface area (Å²) in [6.07, 6.45) is 0. The first-order valence-corrected chi connectivity index (χ1v) is 9.73. The molecular formula is C21H27N3O3S. The van der Waals surface area contributed by atoms with Crippen LogP contribution in [-0.4, -0.2) is 45.6 Å². The summed E-state index contributed by atoms with van der Waals surface area (Å²) >= 11 is 5.46. The Morgan fingerprint density at radius 3 is 2.36 bits per heavy atom. The largest absolute Gasteiger partial charge is 0.493 e. The monoisotopic (exact) mass is 401 g/mol. The van der Waals surface area contributed by atoms with Crippen molar-refractivity contribution < 1.29 is 14.2 Å². The van der Waals surface area contributed by atoms with Crippen LogP contribution in [-0.2, 0) is 4.74 Å². The van der Waals surface area contributed by atoms with Crippen LogP contribution in [0.4, 0.5) is 11.4 Å². The number of ether oxygens (including phenoxy) is 3. The molecule has 1 heterocycles. The molecule has 2 aromatic carbocycles. The minimum atomic E-state index is 0.0823. The van der Waals surface area contributed by atoms with Gasteiger partial charge < -0.3 is 29.7 Å². The standard InChI is InChI=1S/C21H27N3O3S/c1-15(16-4-7-18(8-5-16)24-10-12-27-13-11-24)22-21(28)23-17-6-9-19(25-2)20(14-17)26-3/h4-9,14-15H,10-13H2,1-3H3,(H2,22,23,28)/t15-/m1/s1. The topological polar surface area (TPSA) is 55.0 Å². The molecule has 0 bridgehead atoms. The van der Waals surface area contributed by atoms with Crippen molar-refractivity contribution in [2.45, 2.75) is 13.0 Å². The van der Waals surface area contributed by atoms with Gasteiger partial charge in [0.25, 0.3) is 0 Å². The van der Waals surface area contributed by atoms with E-state index in [4.69, 9.17) is 26.4 Å². The Hall–Kier alpha value is -2.51. The van der Waals surface area contributed by atoms with Crippen molar-refractivity contribution in [1.29, 1.82) is 0 Å². The Morgan fingerprint density at radius 2 is 1.71 bits per heavy atom. The van der Waals surface area contributed by atoms with Crippen LogP contribution in [0.5, 0.6) is 11.5 Å². The third-order valence-electron chi connectivity index (χ3n) is 4.76. The van der Waals surface area contributed by atoms with E-state index in [1.165, 1.54) is 11.3 Å². The van der Waals surface area contributed by atoms with Crippen molar-refractivity contribution in [3.05, 3.63) is 48.0 Å². The fraction of sp³-hybridized carbons (Fsp3) is 0.381. The molecule has 0 unspecified atom stereocenters. The van der Waals surface area contributed by atoms with Crippen LogP contribution < -0.4 is 25.0 Å². The van der Waals surface area contributed by atoms with Gasteiger partial charge in [0.05, 0.1) is 33.5 Å². The van der Waals surface area contributed by atoms with Crippen LogP contribution in [0, 0.1) is 0 Å². The van der Waals surface area contributed by atoms with Gasteiger partial charge in [-0.15, -0.1) is 0 Å². The van der Waals surface area contributed by atoms with Gasteiger partial charge in [0, 0.05) is 30.5 Å². The van der Waals surface area contributed by atoms with Gasteiger partial charge in [-0.3, -0.25) is 0 Å². The summed E-state index contributed by atoms with van der Waals surface area (Å²) in [6, 6.07) is 14.3. The molecule has 1 aliphatic rings. The number of benzene rings is 2. The lowest BCUT2D eigenvalue weighted by molar-refractivity contribution is 0.122. The van der Waals surface area contributed by atoms with Crippen LogP contribution in [0.25, 0.3) is 0 Å². The number of nitrogens with zero attached hydrogens (tertiary/aromatic N) is 1. The normalized spacial score (nSPS) is 14.9. The lowest BCUT2D eigenvalue weighted by Crippen LogP contribution is -2.36. The van der Waals surface area contributed by atoms with Gasteiger partial charge in [-0.1, -0.05) is 12.1 Å². The average molecular weight is 402 g/mol. The number of hydrogen-bond donors (Lipinski definition) is 2. The Bertz CT molecular complexity index is 792.